The average molecular weight is 344 g/mol. The zero-order valence-corrected chi connectivity index (χ0v) is 14.9. The molecule has 1 aromatic carbocycles. The molecule has 0 radical (unpaired) electrons. The Morgan fingerprint density at radius 3 is 2.46 bits per heavy atom. The van der Waals surface area contributed by atoms with Gasteiger partial charge >= 0.3 is 0 Å². The van der Waals surface area contributed by atoms with Crippen molar-refractivity contribution in [1.82, 2.24) is 9.97 Å². The van der Waals surface area contributed by atoms with Crippen molar-refractivity contribution in [2.45, 2.75) is 44.1 Å². The van der Waals surface area contributed by atoms with Gasteiger partial charge in [-0.15, -0.1) is 0 Å². The molecule has 3 aromatic rings. The van der Waals surface area contributed by atoms with Crippen LogP contribution in [0.4, 0.5) is 0 Å². The highest BCUT2D eigenvalue weighted by Crippen LogP contribution is 2.45. The third kappa shape index (κ3) is 3.04. The molecule has 0 atom stereocenters. The summed E-state index contributed by atoms with van der Waals surface area (Å²) in [5, 5.41) is 9.67. The van der Waals surface area contributed by atoms with Crippen LogP contribution in [0.1, 0.15) is 48.8 Å². The topological polar surface area (TPSA) is 46.0 Å². The van der Waals surface area contributed by atoms with Gasteiger partial charge in [0.2, 0.25) is 0 Å². The first-order valence-electron chi connectivity index (χ1n) is 9.40. The lowest BCUT2D eigenvalue weighted by atomic mass is 9.65. The number of hydrogen-bond acceptors (Lipinski definition) is 3. The van der Waals surface area contributed by atoms with E-state index in [1.165, 1.54) is 43.2 Å². The van der Waals surface area contributed by atoms with Gasteiger partial charge in [0.25, 0.3) is 0 Å². The summed E-state index contributed by atoms with van der Waals surface area (Å²) in [4.78, 5) is 8.82. The molecule has 1 fully saturated rings. The molecule has 2 aromatic heterocycles. The van der Waals surface area contributed by atoms with Crippen molar-refractivity contribution in [1.29, 1.82) is 0 Å². The minimum atomic E-state index is -0.00636. The van der Waals surface area contributed by atoms with Crippen LogP contribution in [0.5, 0.6) is 0 Å². The molecule has 1 aliphatic rings. The predicted molar refractivity (Wildman–Crippen MR) is 104 cm³/mol. The van der Waals surface area contributed by atoms with Gasteiger partial charge in [-0.05, 0) is 47.7 Å². The molecule has 4 rings (SSSR count). The highest BCUT2D eigenvalue weighted by molar-refractivity contribution is 5.63. The molecular weight excluding hydrogens is 320 g/mol. The molecule has 0 aliphatic heterocycles. The van der Waals surface area contributed by atoms with Gasteiger partial charge in [-0.3, -0.25) is 9.97 Å². The van der Waals surface area contributed by atoms with E-state index in [9.17, 15) is 5.11 Å². The van der Waals surface area contributed by atoms with E-state index in [4.69, 9.17) is 0 Å². The van der Waals surface area contributed by atoms with Crippen LogP contribution in [0.15, 0.2) is 67.1 Å². The Labute approximate surface area is 154 Å². The summed E-state index contributed by atoms with van der Waals surface area (Å²) in [7, 11) is 0. The Balaban J connectivity index is 1.83. The Bertz CT molecular complexity index is 870. The van der Waals surface area contributed by atoms with E-state index in [2.05, 4.69) is 52.4 Å². The van der Waals surface area contributed by atoms with Gasteiger partial charge in [-0.25, -0.2) is 0 Å². The Hall–Kier alpha value is -2.52. The Morgan fingerprint density at radius 2 is 1.69 bits per heavy atom. The highest BCUT2D eigenvalue weighted by Gasteiger charge is 2.35. The molecular formula is C23H24N2O. The first-order chi connectivity index (χ1) is 12.8. The Morgan fingerprint density at radius 1 is 0.885 bits per heavy atom. The number of nitrogens with zero attached hydrogens (tertiary/aromatic N) is 2. The van der Waals surface area contributed by atoms with Gasteiger partial charge in [0, 0.05) is 29.6 Å². The zero-order chi connectivity index (χ0) is 17.8. The lowest BCUT2D eigenvalue weighted by Crippen LogP contribution is -2.30. The second-order valence-electron chi connectivity index (χ2n) is 7.13. The maximum Gasteiger partial charge on any atom is 0.0724 e. The van der Waals surface area contributed by atoms with Crippen molar-refractivity contribution in [3.63, 3.8) is 0 Å². The van der Waals surface area contributed by atoms with Crippen LogP contribution >= 0.6 is 0 Å². The SMILES string of the molecule is OCc1ccncc1-c1cc(C2(c3ccccc3)CCCCC2)ccn1. The molecule has 0 unspecified atom stereocenters. The summed E-state index contributed by atoms with van der Waals surface area (Å²) < 4.78 is 0. The van der Waals surface area contributed by atoms with E-state index in [0.717, 1.165) is 16.8 Å². The monoisotopic (exact) mass is 344 g/mol. The van der Waals surface area contributed by atoms with Gasteiger partial charge < -0.3 is 5.11 Å². The number of rotatable bonds is 4. The molecule has 3 heteroatoms. The Kier molecular flexibility index (Phi) is 4.81. The molecule has 2 heterocycles. The molecule has 0 bridgehead atoms. The van der Waals surface area contributed by atoms with Crippen LogP contribution in [-0.4, -0.2) is 15.1 Å². The van der Waals surface area contributed by atoms with Gasteiger partial charge in [0.05, 0.1) is 12.3 Å². The summed E-state index contributed by atoms with van der Waals surface area (Å²) in [5.41, 5.74) is 5.43. The van der Waals surface area contributed by atoms with Crippen LogP contribution in [0.2, 0.25) is 0 Å². The number of benzene rings is 1. The van der Waals surface area contributed by atoms with Gasteiger partial charge in [-0.1, -0.05) is 49.6 Å². The van der Waals surface area contributed by atoms with E-state index >= 15 is 0 Å². The van der Waals surface area contributed by atoms with Crippen LogP contribution in [0.3, 0.4) is 0 Å². The second-order valence-corrected chi connectivity index (χ2v) is 7.13. The van der Waals surface area contributed by atoms with Crippen LogP contribution < -0.4 is 0 Å². The normalized spacial score (nSPS) is 16.3. The van der Waals surface area contributed by atoms with Crippen molar-refractivity contribution in [2.75, 3.05) is 0 Å². The average Bonchev–Trinajstić information content (AvgIpc) is 2.75. The van der Waals surface area contributed by atoms with E-state index in [0.29, 0.717) is 0 Å². The minimum Gasteiger partial charge on any atom is -0.392 e. The summed E-state index contributed by atoms with van der Waals surface area (Å²) in [5.74, 6) is 0. The number of aliphatic hydroxyl groups excluding tert-OH is 1. The number of pyridine rings is 2. The van der Waals surface area contributed by atoms with Crippen molar-refractivity contribution >= 4 is 0 Å². The van der Waals surface area contributed by atoms with Gasteiger partial charge in [-0.2, -0.15) is 0 Å². The molecule has 1 aliphatic carbocycles. The predicted octanol–water partition coefficient (Wildman–Crippen LogP) is 4.89. The lowest BCUT2D eigenvalue weighted by molar-refractivity contribution is 0.282. The minimum absolute atomic E-state index is 0.00636. The van der Waals surface area contributed by atoms with Crippen LogP contribution in [-0.2, 0) is 12.0 Å². The van der Waals surface area contributed by atoms with E-state index in [1.54, 1.807) is 12.4 Å². The molecule has 0 saturated heterocycles. The van der Waals surface area contributed by atoms with Crippen molar-refractivity contribution < 1.29 is 5.11 Å². The van der Waals surface area contributed by atoms with Crippen molar-refractivity contribution in [3.8, 4) is 11.3 Å². The molecule has 26 heavy (non-hydrogen) atoms. The van der Waals surface area contributed by atoms with Crippen molar-refractivity contribution in [3.05, 3.63) is 83.8 Å². The van der Waals surface area contributed by atoms with Gasteiger partial charge in [0.15, 0.2) is 0 Å². The van der Waals surface area contributed by atoms with Crippen molar-refractivity contribution in [2.24, 2.45) is 0 Å². The maximum atomic E-state index is 9.67. The summed E-state index contributed by atoms with van der Waals surface area (Å²) in [6.07, 6.45) is 11.6. The second kappa shape index (κ2) is 7.38. The van der Waals surface area contributed by atoms with Gasteiger partial charge in [0.1, 0.15) is 0 Å². The summed E-state index contributed by atoms with van der Waals surface area (Å²) in [6, 6.07) is 17.1. The largest absolute Gasteiger partial charge is 0.392 e. The lowest BCUT2D eigenvalue weighted by Gasteiger charge is -2.38. The highest BCUT2D eigenvalue weighted by atomic mass is 16.3. The molecule has 0 amide bonds. The van der Waals surface area contributed by atoms with E-state index < -0.39 is 0 Å². The third-order valence-electron chi connectivity index (χ3n) is 5.70. The first kappa shape index (κ1) is 16.9. The molecule has 1 saturated carbocycles. The van der Waals surface area contributed by atoms with Crippen LogP contribution in [0, 0.1) is 0 Å². The molecule has 132 valence electrons. The third-order valence-corrected chi connectivity index (χ3v) is 5.70. The molecule has 1 N–H and O–H groups in total. The standard InChI is InChI=1S/C23H24N2O/c26-17-18-9-13-24-16-21(18)22-15-20(10-14-25-22)23(11-5-2-6-12-23)19-7-3-1-4-8-19/h1,3-4,7-10,13-16,26H,2,5-6,11-12,17H2. The first-order valence-corrected chi connectivity index (χ1v) is 9.40. The number of aromatic nitrogens is 2. The fraction of sp³-hybridized carbons (Fsp3) is 0.304. The molecule has 0 spiro atoms. The van der Waals surface area contributed by atoms with E-state index in [1.807, 2.05) is 12.3 Å². The van der Waals surface area contributed by atoms with E-state index in [-0.39, 0.29) is 12.0 Å². The maximum absolute atomic E-state index is 9.67. The smallest absolute Gasteiger partial charge is 0.0724 e. The fourth-order valence-corrected chi connectivity index (χ4v) is 4.32. The zero-order valence-electron chi connectivity index (χ0n) is 14.9. The number of hydrogen-bond donors (Lipinski definition) is 1. The molecule has 3 nitrogen and oxygen atoms in total. The number of aliphatic hydroxyl groups is 1. The summed E-state index contributed by atoms with van der Waals surface area (Å²) in [6.45, 7) is -0.00636. The quantitative estimate of drug-likeness (QED) is 0.733. The summed E-state index contributed by atoms with van der Waals surface area (Å²) >= 11 is 0. The fourth-order valence-electron chi connectivity index (χ4n) is 4.32. The van der Waals surface area contributed by atoms with Crippen LogP contribution in [0.25, 0.3) is 11.3 Å².